The standard InChI is InChI=1S/C11H12N2O2S/c1-13-11(14)10-9(12)8-6(15-2)4-3-5-7(8)16-10/h3-5H,12H2,1-2H3,(H,13,14). The largest absolute Gasteiger partial charge is 0.496 e. The minimum Gasteiger partial charge on any atom is -0.496 e. The summed E-state index contributed by atoms with van der Waals surface area (Å²) in [6.45, 7) is 0. The van der Waals surface area contributed by atoms with Crippen LogP contribution in [0.5, 0.6) is 5.75 Å². The quantitative estimate of drug-likeness (QED) is 0.836. The maximum absolute atomic E-state index is 11.6. The van der Waals surface area contributed by atoms with Crippen LogP contribution in [0.15, 0.2) is 18.2 Å². The molecule has 0 aliphatic carbocycles. The van der Waals surface area contributed by atoms with Gasteiger partial charge in [0.25, 0.3) is 5.91 Å². The molecule has 0 spiro atoms. The van der Waals surface area contributed by atoms with E-state index in [1.807, 2.05) is 18.2 Å². The maximum atomic E-state index is 11.6. The fourth-order valence-electron chi connectivity index (χ4n) is 1.59. The van der Waals surface area contributed by atoms with Gasteiger partial charge in [0.05, 0.1) is 18.2 Å². The number of nitrogen functional groups attached to an aromatic ring is 1. The van der Waals surface area contributed by atoms with Crippen LogP contribution in [0.3, 0.4) is 0 Å². The summed E-state index contributed by atoms with van der Waals surface area (Å²) < 4.78 is 6.18. The third-order valence-electron chi connectivity index (χ3n) is 2.37. The molecule has 1 aromatic carbocycles. The molecule has 3 N–H and O–H groups in total. The number of amides is 1. The number of carbonyl (C=O) groups excluding carboxylic acids is 1. The fourth-order valence-corrected chi connectivity index (χ4v) is 2.68. The van der Waals surface area contributed by atoms with Crippen LogP contribution in [0.25, 0.3) is 10.1 Å². The number of anilines is 1. The molecule has 0 bridgehead atoms. The zero-order valence-electron chi connectivity index (χ0n) is 9.03. The molecule has 0 radical (unpaired) electrons. The van der Waals surface area contributed by atoms with E-state index >= 15 is 0 Å². The van der Waals surface area contributed by atoms with Gasteiger partial charge in [-0.25, -0.2) is 0 Å². The number of fused-ring (bicyclic) bond motifs is 1. The van der Waals surface area contributed by atoms with Gasteiger partial charge >= 0.3 is 0 Å². The van der Waals surface area contributed by atoms with Gasteiger partial charge < -0.3 is 15.8 Å². The van der Waals surface area contributed by atoms with Crippen molar-refractivity contribution in [3.63, 3.8) is 0 Å². The smallest absolute Gasteiger partial charge is 0.263 e. The normalized spacial score (nSPS) is 10.4. The van der Waals surface area contributed by atoms with E-state index in [1.165, 1.54) is 11.3 Å². The van der Waals surface area contributed by atoms with Gasteiger partial charge in [0.2, 0.25) is 0 Å². The Kier molecular flexibility index (Phi) is 2.70. The summed E-state index contributed by atoms with van der Waals surface area (Å²) in [6, 6.07) is 5.63. The van der Waals surface area contributed by atoms with Crippen LogP contribution < -0.4 is 15.8 Å². The second-order valence-corrected chi connectivity index (χ2v) is 4.31. The van der Waals surface area contributed by atoms with Crippen LogP contribution in [-0.4, -0.2) is 20.1 Å². The number of methoxy groups -OCH3 is 1. The molecule has 16 heavy (non-hydrogen) atoms. The summed E-state index contributed by atoms with van der Waals surface area (Å²) >= 11 is 1.37. The third kappa shape index (κ3) is 1.49. The monoisotopic (exact) mass is 236 g/mol. The molecule has 2 aromatic rings. The van der Waals surface area contributed by atoms with Crippen molar-refractivity contribution in [1.82, 2.24) is 5.32 Å². The highest BCUT2D eigenvalue weighted by atomic mass is 32.1. The van der Waals surface area contributed by atoms with Gasteiger partial charge in [0.1, 0.15) is 10.6 Å². The number of rotatable bonds is 2. The van der Waals surface area contributed by atoms with Crippen molar-refractivity contribution in [2.24, 2.45) is 0 Å². The van der Waals surface area contributed by atoms with Crippen LogP contribution in [0.2, 0.25) is 0 Å². The summed E-state index contributed by atoms with van der Waals surface area (Å²) in [5.41, 5.74) is 6.44. The summed E-state index contributed by atoms with van der Waals surface area (Å²) in [5, 5.41) is 3.38. The highest BCUT2D eigenvalue weighted by Gasteiger charge is 2.17. The number of carbonyl (C=O) groups is 1. The van der Waals surface area contributed by atoms with Crippen molar-refractivity contribution in [3.8, 4) is 5.75 Å². The van der Waals surface area contributed by atoms with Gasteiger partial charge in [-0.05, 0) is 12.1 Å². The van der Waals surface area contributed by atoms with Gasteiger partial charge in [0, 0.05) is 11.7 Å². The Bertz CT molecular complexity index is 548. The maximum Gasteiger partial charge on any atom is 0.263 e. The van der Waals surface area contributed by atoms with Crippen molar-refractivity contribution in [2.75, 3.05) is 19.9 Å². The molecule has 2 rings (SSSR count). The molecular weight excluding hydrogens is 224 g/mol. The highest BCUT2D eigenvalue weighted by molar-refractivity contribution is 7.21. The lowest BCUT2D eigenvalue weighted by molar-refractivity contribution is 0.0968. The van der Waals surface area contributed by atoms with E-state index in [4.69, 9.17) is 10.5 Å². The Morgan fingerprint density at radius 2 is 2.25 bits per heavy atom. The number of nitrogens with one attached hydrogen (secondary N) is 1. The Hall–Kier alpha value is -1.75. The average molecular weight is 236 g/mol. The Morgan fingerprint density at radius 3 is 2.88 bits per heavy atom. The van der Waals surface area contributed by atoms with E-state index in [-0.39, 0.29) is 5.91 Å². The second-order valence-electron chi connectivity index (χ2n) is 3.26. The van der Waals surface area contributed by atoms with Gasteiger partial charge in [0.15, 0.2) is 0 Å². The lowest BCUT2D eigenvalue weighted by Gasteiger charge is -2.02. The van der Waals surface area contributed by atoms with Crippen molar-refractivity contribution < 1.29 is 9.53 Å². The minimum atomic E-state index is -0.166. The Morgan fingerprint density at radius 1 is 1.50 bits per heavy atom. The molecule has 0 saturated carbocycles. The molecule has 1 aromatic heterocycles. The zero-order chi connectivity index (χ0) is 11.7. The van der Waals surface area contributed by atoms with E-state index in [0.717, 1.165) is 10.1 Å². The first kappa shape index (κ1) is 10.8. The van der Waals surface area contributed by atoms with Gasteiger partial charge in [-0.3, -0.25) is 4.79 Å². The van der Waals surface area contributed by atoms with Crippen molar-refractivity contribution in [3.05, 3.63) is 23.1 Å². The summed E-state index contributed by atoms with van der Waals surface area (Å²) in [6.07, 6.45) is 0. The van der Waals surface area contributed by atoms with Gasteiger partial charge in [-0.1, -0.05) is 6.07 Å². The molecule has 0 aliphatic heterocycles. The molecule has 1 heterocycles. The first-order valence-electron chi connectivity index (χ1n) is 4.76. The van der Waals surface area contributed by atoms with Crippen molar-refractivity contribution in [2.45, 2.75) is 0 Å². The molecule has 5 heteroatoms. The van der Waals surface area contributed by atoms with Crippen LogP contribution in [0.1, 0.15) is 9.67 Å². The summed E-state index contributed by atoms with van der Waals surface area (Å²) in [7, 11) is 3.18. The van der Waals surface area contributed by atoms with E-state index in [9.17, 15) is 4.79 Å². The molecule has 0 fully saturated rings. The SMILES string of the molecule is CNC(=O)c1sc2cccc(OC)c2c1N. The van der Waals surface area contributed by atoms with E-state index in [1.54, 1.807) is 14.2 Å². The van der Waals surface area contributed by atoms with Crippen LogP contribution in [0, 0.1) is 0 Å². The number of benzene rings is 1. The molecule has 1 amide bonds. The molecule has 84 valence electrons. The number of hydrogen-bond donors (Lipinski definition) is 2. The fraction of sp³-hybridized carbons (Fsp3) is 0.182. The molecule has 0 unspecified atom stereocenters. The zero-order valence-corrected chi connectivity index (χ0v) is 9.85. The second kappa shape index (κ2) is 4.02. The molecule has 0 atom stereocenters. The molecule has 0 aliphatic rings. The van der Waals surface area contributed by atoms with Crippen LogP contribution in [-0.2, 0) is 0 Å². The Labute approximate surface area is 97.0 Å². The predicted octanol–water partition coefficient (Wildman–Crippen LogP) is 1.85. The molecule has 0 saturated heterocycles. The van der Waals surface area contributed by atoms with Crippen molar-refractivity contribution >= 4 is 33.0 Å². The predicted molar refractivity (Wildman–Crippen MR) is 66.2 cm³/mol. The first-order chi connectivity index (χ1) is 7.69. The van der Waals surface area contributed by atoms with Gasteiger partial charge in [-0.2, -0.15) is 0 Å². The molecular formula is C11H12N2O2S. The summed E-state index contributed by atoms with van der Waals surface area (Å²) in [4.78, 5) is 12.1. The minimum absolute atomic E-state index is 0.166. The van der Waals surface area contributed by atoms with Crippen molar-refractivity contribution in [1.29, 1.82) is 0 Å². The highest BCUT2D eigenvalue weighted by Crippen LogP contribution is 2.39. The lowest BCUT2D eigenvalue weighted by Crippen LogP contribution is -2.17. The van der Waals surface area contributed by atoms with Crippen LogP contribution >= 0.6 is 11.3 Å². The average Bonchev–Trinajstić information content (AvgIpc) is 2.66. The first-order valence-corrected chi connectivity index (χ1v) is 5.57. The van der Waals surface area contributed by atoms with E-state index in [2.05, 4.69) is 5.32 Å². The topological polar surface area (TPSA) is 64.3 Å². The Balaban J connectivity index is 2.73. The third-order valence-corrected chi connectivity index (χ3v) is 3.54. The number of ether oxygens (including phenoxy) is 1. The van der Waals surface area contributed by atoms with Crippen LogP contribution in [0.4, 0.5) is 5.69 Å². The van der Waals surface area contributed by atoms with E-state index < -0.39 is 0 Å². The number of thiophene rings is 1. The van der Waals surface area contributed by atoms with E-state index in [0.29, 0.717) is 16.3 Å². The lowest BCUT2D eigenvalue weighted by atomic mass is 10.2. The molecule has 4 nitrogen and oxygen atoms in total. The number of hydrogen-bond acceptors (Lipinski definition) is 4. The summed E-state index contributed by atoms with van der Waals surface area (Å²) in [5.74, 6) is 0.530. The van der Waals surface area contributed by atoms with Gasteiger partial charge in [-0.15, -0.1) is 11.3 Å². The number of nitrogens with two attached hydrogens (primary N) is 1.